The van der Waals surface area contributed by atoms with E-state index in [1.54, 1.807) is 18.2 Å². The first-order chi connectivity index (χ1) is 9.54. The van der Waals surface area contributed by atoms with Crippen LogP contribution in [0.4, 0.5) is 5.69 Å². The predicted molar refractivity (Wildman–Crippen MR) is 71.7 cm³/mol. The molecule has 1 heterocycles. The maximum Gasteiger partial charge on any atom is 0.248 e. The number of hydrogen-bond donors (Lipinski definition) is 4. The second kappa shape index (κ2) is 5.97. The number of benzene rings is 1. The van der Waals surface area contributed by atoms with E-state index in [4.69, 9.17) is 10.8 Å². The Morgan fingerprint density at radius 3 is 2.80 bits per heavy atom. The highest BCUT2D eigenvalue weighted by molar-refractivity contribution is 5.93. The number of rotatable bonds is 4. The fraction of sp³-hybridized carbons (Fsp3) is 0.333. The minimum absolute atomic E-state index is 0.0698. The van der Waals surface area contributed by atoms with Gasteiger partial charge in [0.2, 0.25) is 12.3 Å². The van der Waals surface area contributed by atoms with Crippen LogP contribution in [0.3, 0.4) is 0 Å². The molecule has 8 nitrogen and oxygen atoms in total. The number of hydrazone groups is 1. The monoisotopic (exact) mass is 280 g/mol. The van der Waals surface area contributed by atoms with Crippen LogP contribution in [0.25, 0.3) is 0 Å². The van der Waals surface area contributed by atoms with Crippen molar-refractivity contribution in [1.29, 1.82) is 0 Å². The average Bonchev–Trinajstić information content (AvgIpc) is 2.43. The van der Waals surface area contributed by atoms with Gasteiger partial charge in [-0.25, -0.2) is 9.91 Å². The number of β-amino-alcohol motifs (C(OH)–C–C–N with tert-alkyl or cyclic N) is 1. The molecule has 5 N–H and O–H groups in total. The van der Waals surface area contributed by atoms with Crippen molar-refractivity contribution >= 4 is 17.8 Å². The normalized spacial score (nSPS) is 23.1. The molecule has 2 rings (SSSR count). The first-order valence-electron chi connectivity index (χ1n) is 6.00. The molecule has 1 aliphatic rings. The first kappa shape index (κ1) is 14.4. The van der Waals surface area contributed by atoms with E-state index in [-0.39, 0.29) is 18.7 Å². The Morgan fingerprint density at radius 1 is 1.40 bits per heavy atom. The molecule has 0 spiro atoms. The number of nitrogens with zero attached hydrogens (tertiary/aromatic N) is 3. The van der Waals surface area contributed by atoms with Gasteiger partial charge in [-0.3, -0.25) is 4.79 Å². The smallest absolute Gasteiger partial charge is 0.248 e. The Morgan fingerprint density at radius 2 is 2.15 bits per heavy atom. The summed E-state index contributed by atoms with van der Waals surface area (Å²) in [7, 11) is 0. The molecule has 108 valence electrons. The standard InChI is InChI=1S/C12H16N4O4/c13-11(19)8-2-1-3-9(6-8)16-12(20)15(4-5-17)10(18)7-14-16/h1-3,6-7,10,12,17-18,20H,4-5H2,(H2,13,19). The van der Waals surface area contributed by atoms with Crippen LogP contribution in [0.15, 0.2) is 29.4 Å². The summed E-state index contributed by atoms with van der Waals surface area (Å²) in [6, 6.07) is 6.28. The molecule has 1 aromatic rings. The largest absolute Gasteiger partial charge is 0.395 e. The van der Waals surface area contributed by atoms with Crippen molar-refractivity contribution in [2.45, 2.75) is 12.6 Å². The topological polar surface area (TPSA) is 123 Å². The van der Waals surface area contributed by atoms with Crippen LogP contribution < -0.4 is 10.7 Å². The second-order valence-electron chi connectivity index (χ2n) is 4.25. The number of carbonyl (C=O) groups excluding carboxylic acids is 1. The van der Waals surface area contributed by atoms with Gasteiger partial charge in [0.25, 0.3) is 0 Å². The van der Waals surface area contributed by atoms with Gasteiger partial charge in [-0.1, -0.05) is 6.07 Å². The molecule has 0 aromatic heterocycles. The molecule has 1 amide bonds. The zero-order valence-electron chi connectivity index (χ0n) is 10.6. The summed E-state index contributed by atoms with van der Waals surface area (Å²) in [6.45, 7) is -0.155. The number of amides is 1. The average molecular weight is 280 g/mol. The van der Waals surface area contributed by atoms with Crippen molar-refractivity contribution in [2.24, 2.45) is 10.8 Å². The predicted octanol–water partition coefficient (Wildman–Crippen LogP) is -1.52. The highest BCUT2D eigenvalue weighted by Gasteiger charge is 2.31. The molecule has 0 bridgehead atoms. The number of carbonyl (C=O) groups is 1. The van der Waals surface area contributed by atoms with Crippen LogP contribution in [0.1, 0.15) is 10.4 Å². The Labute approximate surface area is 115 Å². The van der Waals surface area contributed by atoms with E-state index in [1.807, 2.05) is 0 Å². The van der Waals surface area contributed by atoms with Crippen molar-refractivity contribution in [3.05, 3.63) is 29.8 Å². The number of hydrogen-bond acceptors (Lipinski definition) is 7. The van der Waals surface area contributed by atoms with Crippen LogP contribution in [-0.4, -0.2) is 58.1 Å². The van der Waals surface area contributed by atoms with Crippen molar-refractivity contribution in [3.63, 3.8) is 0 Å². The molecule has 2 atom stereocenters. The maximum atomic E-state index is 11.2. The van der Waals surface area contributed by atoms with Crippen LogP contribution in [-0.2, 0) is 0 Å². The van der Waals surface area contributed by atoms with E-state index < -0.39 is 18.5 Å². The van der Waals surface area contributed by atoms with Crippen LogP contribution in [0.2, 0.25) is 0 Å². The van der Waals surface area contributed by atoms with Crippen LogP contribution >= 0.6 is 0 Å². The van der Waals surface area contributed by atoms with E-state index >= 15 is 0 Å². The summed E-state index contributed by atoms with van der Waals surface area (Å²) < 4.78 is 0. The van der Waals surface area contributed by atoms with Gasteiger partial charge < -0.3 is 21.1 Å². The molecule has 0 saturated heterocycles. The lowest BCUT2D eigenvalue weighted by Gasteiger charge is -2.38. The van der Waals surface area contributed by atoms with E-state index in [0.717, 1.165) is 0 Å². The molecule has 8 heteroatoms. The summed E-state index contributed by atoms with van der Waals surface area (Å²) in [4.78, 5) is 12.4. The van der Waals surface area contributed by atoms with E-state index in [2.05, 4.69) is 5.10 Å². The lowest BCUT2D eigenvalue weighted by atomic mass is 10.2. The van der Waals surface area contributed by atoms with Gasteiger partial charge in [0.15, 0.2) is 0 Å². The lowest BCUT2D eigenvalue weighted by molar-refractivity contribution is -0.0833. The minimum atomic E-state index is -1.26. The van der Waals surface area contributed by atoms with Gasteiger partial charge >= 0.3 is 0 Å². The molecule has 0 radical (unpaired) electrons. The zero-order chi connectivity index (χ0) is 14.7. The number of primary amides is 1. The first-order valence-corrected chi connectivity index (χ1v) is 6.00. The quantitative estimate of drug-likeness (QED) is 0.531. The Kier molecular flexibility index (Phi) is 4.30. The Bertz CT molecular complexity index is 522. The third kappa shape index (κ3) is 2.78. The molecule has 1 aromatic carbocycles. The Balaban J connectivity index is 2.30. The van der Waals surface area contributed by atoms with Crippen molar-refractivity contribution < 1.29 is 20.1 Å². The molecule has 0 fully saturated rings. The molecule has 1 aliphatic heterocycles. The highest BCUT2D eigenvalue weighted by Crippen LogP contribution is 2.22. The van der Waals surface area contributed by atoms with E-state index in [0.29, 0.717) is 5.69 Å². The van der Waals surface area contributed by atoms with Gasteiger partial charge in [-0.15, -0.1) is 0 Å². The lowest BCUT2D eigenvalue weighted by Crippen LogP contribution is -2.56. The highest BCUT2D eigenvalue weighted by atomic mass is 16.4. The molecular weight excluding hydrogens is 264 g/mol. The molecule has 0 saturated carbocycles. The van der Waals surface area contributed by atoms with Gasteiger partial charge in [-0.2, -0.15) is 5.10 Å². The zero-order valence-corrected chi connectivity index (χ0v) is 10.6. The van der Waals surface area contributed by atoms with Crippen LogP contribution in [0, 0.1) is 0 Å². The van der Waals surface area contributed by atoms with E-state index in [9.17, 15) is 15.0 Å². The molecule has 2 unspecified atom stereocenters. The summed E-state index contributed by atoms with van der Waals surface area (Å²) >= 11 is 0. The Hall–Kier alpha value is -2.00. The summed E-state index contributed by atoms with van der Waals surface area (Å²) in [5, 5.41) is 33.9. The van der Waals surface area contributed by atoms with Crippen molar-refractivity contribution in [1.82, 2.24) is 4.90 Å². The van der Waals surface area contributed by atoms with Gasteiger partial charge in [0.05, 0.1) is 18.5 Å². The molecular formula is C12H16N4O4. The number of nitrogens with two attached hydrogens (primary N) is 1. The third-order valence-corrected chi connectivity index (χ3v) is 2.93. The summed E-state index contributed by atoms with van der Waals surface area (Å²) in [5.41, 5.74) is 5.93. The number of anilines is 1. The summed E-state index contributed by atoms with van der Waals surface area (Å²) in [6.07, 6.45) is -1.13. The van der Waals surface area contributed by atoms with Crippen molar-refractivity contribution in [3.8, 4) is 0 Å². The van der Waals surface area contributed by atoms with Gasteiger partial charge in [-0.05, 0) is 18.2 Å². The van der Waals surface area contributed by atoms with Crippen molar-refractivity contribution in [2.75, 3.05) is 18.2 Å². The summed E-state index contributed by atoms with van der Waals surface area (Å²) in [5.74, 6) is -0.588. The van der Waals surface area contributed by atoms with E-state index in [1.165, 1.54) is 22.2 Å². The molecule has 20 heavy (non-hydrogen) atoms. The van der Waals surface area contributed by atoms with Crippen LogP contribution in [0.5, 0.6) is 0 Å². The molecule has 0 aliphatic carbocycles. The fourth-order valence-corrected chi connectivity index (χ4v) is 1.92. The van der Waals surface area contributed by atoms with Gasteiger partial charge in [0, 0.05) is 12.1 Å². The number of aliphatic hydroxyl groups excluding tert-OH is 3. The fourth-order valence-electron chi connectivity index (χ4n) is 1.92. The van der Waals surface area contributed by atoms with Gasteiger partial charge in [0.1, 0.15) is 6.23 Å². The minimum Gasteiger partial charge on any atom is -0.395 e. The second-order valence-corrected chi connectivity index (χ2v) is 4.25. The maximum absolute atomic E-state index is 11.2. The number of aliphatic hydroxyl groups is 3. The SMILES string of the molecule is NC(=O)c1cccc(N2N=CC(O)N(CCO)C2O)c1. The third-order valence-electron chi connectivity index (χ3n) is 2.93.